The number of anilines is 1. The molecular formula is C24H35N5O3S2. The second-order valence-corrected chi connectivity index (χ2v) is 12.3. The van der Waals surface area contributed by atoms with Gasteiger partial charge in [-0.2, -0.15) is 4.72 Å². The Bertz CT molecular complexity index is 1070. The zero-order valence-electron chi connectivity index (χ0n) is 19.9. The third-order valence-electron chi connectivity index (χ3n) is 6.64. The number of fused-ring (bicyclic) bond motifs is 1. The fraction of sp³-hybridized carbons (Fsp3) is 0.583. The first-order chi connectivity index (χ1) is 16.3. The van der Waals surface area contributed by atoms with Gasteiger partial charge in [-0.05, 0) is 55.6 Å². The molecule has 1 saturated heterocycles. The van der Waals surface area contributed by atoms with Crippen LogP contribution in [0.3, 0.4) is 0 Å². The fourth-order valence-corrected chi connectivity index (χ4v) is 6.86. The number of nitrogens with zero attached hydrogens (tertiary/aromatic N) is 2. The van der Waals surface area contributed by atoms with Gasteiger partial charge >= 0.3 is 0 Å². The molecule has 186 valence electrons. The summed E-state index contributed by atoms with van der Waals surface area (Å²) in [6.07, 6.45) is 7.35. The van der Waals surface area contributed by atoms with Gasteiger partial charge in [0.15, 0.2) is 5.16 Å². The summed E-state index contributed by atoms with van der Waals surface area (Å²) >= 11 is 1.57. The number of amides is 1. The van der Waals surface area contributed by atoms with Gasteiger partial charge in [-0.3, -0.25) is 4.79 Å². The van der Waals surface area contributed by atoms with E-state index in [0.29, 0.717) is 43.5 Å². The molecule has 0 bridgehead atoms. The minimum Gasteiger partial charge on any atom is -0.383 e. The number of imidazole rings is 1. The van der Waals surface area contributed by atoms with Gasteiger partial charge in [0.2, 0.25) is 15.9 Å². The first kappa shape index (κ1) is 25.1. The van der Waals surface area contributed by atoms with Crippen molar-refractivity contribution in [2.75, 3.05) is 30.7 Å². The standard InChI is InChI=1S/C24H35N5O3S2/c1-17-8-12-29(13-9-17)23(30)20(6-4-14-33-24-25-10-11-26-24)28-34(31,32)21-7-3-5-19-15-18(2)16-27-22(19)21/h3,5,7,10-11,17-18,20,27-28H,4,6,8-9,12-16H2,1-2H3,(H,25,26)/t18-,20?/m0/s1. The maximum atomic E-state index is 13.5. The monoisotopic (exact) mass is 505 g/mol. The van der Waals surface area contributed by atoms with Crippen molar-refractivity contribution in [1.29, 1.82) is 0 Å². The Morgan fingerprint density at radius 1 is 1.26 bits per heavy atom. The molecule has 3 N–H and O–H groups in total. The average molecular weight is 506 g/mol. The maximum absolute atomic E-state index is 13.5. The van der Waals surface area contributed by atoms with Crippen LogP contribution < -0.4 is 10.0 Å². The maximum Gasteiger partial charge on any atom is 0.243 e. The van der Waals surface area contributed by atoms with Gasteiger partial charge < -0.3 is 15.2 Å². The van der Waals surface area contributed by atoms with Crippen molar-refractivity contribution in [3.63, 3.8) is 0 Å². The molecule has 0 aliphatic carbocycles. The van der Waals surface area contributed by atoms with Crippen LogP contribution in [0.2, 0.25) is 0 Å². The van der Waals surface area contributed by atoms with E-state index >= 15 is 0 Å². The molecule has 2 aromatic rings. The van der Waals surface area contributed by atoms with Crippen LogP contribution in [0, 0.1) is 11.8 Å². The SMILES string of the molecule is CC1CCN(C(=O)C(CCCSc2ncc[nH]2)NS(=O)(=O)c2cccc3c2NC[C@@H](C)C3)CC1. The van der Waals surface area contributed by atoms with E-state index in [9.17, 15) is 13.2 Å². The van der Waals surface area contributed by atoms with Crippen LogP contribution in [-0.2, 0) is 21.2 Å². The Kier molecular flexibility index (Phi) is 8.21. The second kappa shape index (κ2) is 11.1. The Morgan fingerprint density at radius 3 is 2.79 bits per heavy atom. The molecule has 1 aromatic carbocycles. The lowest BCUT2D eigenvalue weighted by atomic mass is 9.96. The van der Waals surface area contributed by atoms with Crippen molar-refractivity contribution in [2.45, 2.75) is 62.0 Å². The molecule has 2 aliphatic heterocycles. The van der Waals surface area contributed by atoms with Gasteiger partial charge in [0.05, 0.1) is 5.69 Å². The third kappa shape index (κ3) is 6.14. The number of carbonyl (C=O) groups excluding carboxylic acids is 1. The van der Waals surface area contributed by atoms with Crippen molar-refractivity contribution in [2.24, 2.45) is 11.8 Å². The molecular weight excluding hydrogens is 470 g/mol. The van der Waals surface area contributed by atoms with E-state index in [1.54, 1.807) is 36.3 Å². The van der Waals surface area contributed by atoms with Gasteiger partial charge in [0, 0.05) is 37.8 Å². The van der Waals surface area contributed by atoms with Crippen LogP contribution in [0.15, 0.2) is 40.6 Å². The topological polar surface area (TPSA) is 107 Å². The number of para-hydroxylation sites is 1. The Hall–Kier alpha value is -2.04. The van der Waals surface area contributed by atoms with Gasteiger partial charge in [-0.25, -0.2) is 13.4 Å². The molecule has 2 atom stereocenters. The Labute approximate surface area is 206 Å². The van der Waals surface area contributed by atoms with Gasteiger partial charge in [0.25, 0.3) is 0 Å². The summed E-state index contributed by atoms with van der Waals surface area (Å²) in [4.78, 5) is 22.7. The Balaban J connectivity index is 1.49. The number of hydrogen-bond donors (Lipinski definition) is 3. The highest BCUT2D eigenvalue weighted by Crippen LogP contribution is 2.31. The molecule has 3 heterocycles. The number of hydrogen-bond acceptors (Lipinski definition) is 6. The summed E-state index contributed by atoms with van der Waals surface area (Å²) in [7, 11) is -3.88. The van der Waals surface area contributed by atoms with Crippen LogP contribution in [0.25, 0.3) is 0 Å². The lowest BCUT2D eigenvalue weighted by Crippen LogP contribution is -2.50. The van der Waals surface area contributed by atoms with E-state index in [2.05, 4.69) is 33.9 Å². The number of likely N-dealkylation sites (tertiary alicyclic amines) is 1. The lowest BCUT2D eigenvalue weighted by molar-refractivity contribution is -0.134. The largest absolute Gasteiger partial charge is 0.383 e. The number of aromatic nitrogens is 2. The van der Waals surface area contributed by atoms with E-state index in [4.69, 9.17) is 0 Å². The summed E-state index contributed by atoms with van der Waals surface area (Å²) in [6, 6.07) is 4.60. The molecule has 0 radical (unpaired) electrons. The molecule has 8 nitrogen and oxygen atoms in total. The minimum absolute atomic E-state index is 0.121. The number of thioether (sulfide) groups is 1. The number of benzene rings is 1. The number of aromatic amines is 1. The molecule has 0 spiro atoms. The fourth-order valence-electron chi connectivity index (χ4n) is 4.61. The summed E-state index contributed by atoms with van der Waals surface area (Å²) in [5.74, 6) is 1.66. The van der Waals surface area contributed by atoms with E-state index in [0.717, 1.165) is 42.3 Å². The first-order valence-corrected chi connectivity index (χ1v) is 14.6. The summed E-state index contributed by atoms with van der Waals surface area (Å²) in [5.41, 5.74) is 1.67. The van der Waals surface area contributed by atoms with Crippen molar-refractivity contribution in [3.8, 4) is 0 Å². The van der Waals surface area contributed by atoms with Crippen LogP contribution >= 0.6 is 11.8 Å². The number of rotatable bonds is 9. The van der Waals surface area contributed by atoms with Crippen LogP contribution in [-0.4, -0.2) is 60.6 Å². The molecule has 34 heavy (non-hydrogen) atoms. The normalized spacial score (nSPS) is 19.9. The molecule has 0 saturated carbocycles. The lowest BCUT2D eigenvalue weighted by Gasteiger charge is -2.33. The smallest absolute Gasteiger partial charge is 0.243 e. The minimum atomic E-state index is -3.88. The van der Waals surface area contributed by atoms with Crippen molar-refractivity contribution < 1.29 is 13.2 Å². The van der Waals surface area contributed by atoms with Crippen molar-refractivity contribution in [3.05, 3.63) is 36.2 Å². The average Bonchev–Trinajstić information content (AvgIpc) is 3.34. The molecule has 1 aromatic heterocycles. The number of piperidine rings is 1. The van der Waals surface area contributed by atoms with Crippen LogP contribution in [0.5, 0.6) is 0 Å². The molecule has 1 amide bonds. The molecule has 10 heteroatoms. The molecule has 4 rings (SSSR count). The zero-order chi connectivity index (χ0) is 24.1. The highest BCUT2D eigenvalue weighted by Gasteiger charge is 2.32. The highest BCUT2D eigenvalue weighted by molar-refractivity contribution is 7.99. The zero-order valence-corrected chi connectivity index (χ0v) is 21.6. The van der Waals surface area contributed by atoms with E-state index in [-0.39, 0.29) is 10.8 Å². The summed E-state index contributed by atoms with van der Waals surface area (Å²) in [5, 5.41) is 4.12. The number of carbonyl (C=O) groups is 1. The molecule has 2 aliphatic rings. The van der Waals surface area contributed by atoms with Crippen molar-refractivity contribution >= 4 is 33.4 Å². The van der Waals surface area contributed by atoms with E-state index in [1.165, 1.54) is 0 Å². The first-order valence-electron chi connectivity index (χ1n) is 12.1. The predicted octanol–water partition coefficient (Wildman–Crippen LogP) is 3.49. The quantitative estimate of drug-likeness (QED) is 0.356. The van der Waals surface area contributed by atoms with Crippen LogP contribution in [0.1, 0.15) is 45.1 Å². The van der Waals surface area contributed by atoms with Crippen LogP contribution in [0.4, 0.5) is 5.69 Å². The van der Waals surface area contributed by atoms with E-state index < -0.39 is 16.1 Å². The number of H-pyrrole nitrogens is 1. The van der Waals surface area contributed by atoms with Gasteiger partial charge in [-0.15, -0.1) is 0 Å². The summed E-state index contributed by atoms with van der Waals surface area (Å²) in [6.45, 7) is 6.43. The second-order valence-electron chi connectivity index (χ2n) is 9.55. The van der Waals surface area contributed by atoms with Gasteiger partial charge in [-0.1, -0.05) is 37.7 Å². The summed E-state index contributed by atoms with van der Waals surface area (Å²) < 4.78 is 29.8. The predicted molar refractivity (Wildman–Crippen MR) is 135 cm³/mol. The van der Waals surface area contributed by atoms with E-state index in [1.807, 2.05) is 11.0 Å². The third-order valence-corrected chi connectivity index (χ3v) is 9.14. The van der Waals surface area contributed by atoms with Crippen molar-refractivity contribution in [1.82, 2.24) is 19.6 Å². The molecule has 1 fully saturated rings. The Morgan fingerprint density at radius 2 is 2.06 bits per heavy atom. The van der Waals surface area contributed by atoms with Gasteiger partial charge in [0.1, 0.15) is 10.9 Å². The molecule has 1 unspecified atom stereocenters. The number of nitrogens with one attached hydrogen (secondary N) is 3. The highest BCUT2D eigenvalue weighted by atomic mass is 32.2. The number of sulfonamides is 1.